The van der Waals surface area contributed by atoms with Crippen molar-refractivity contribution in [3.63, 3.8) is 0 Å². The largest absolute Gasteiger partial charge is 0.300 e. The molecule has 2 saturated heterocycles. The van der Waals surface area contributed by atoms with Crippen molar-refractivity contribution in [2.24, 2.45) is 5.92 Å². The third-order valence-corrected chi connectivity index (χ3v) is 3.97. The van der Waals surface area contributed by atoms with Crippen molar-refractivity contribution >= 4 is 0 Å². The number of rotatable bonds is 1. The quantitative estimate of drug-likeness (QED) is 0.601. The van der Waals surface area contributed by atoms with Gasteiger partial charge in [-0.1, -0.05) is 26.2 Å². The molecule has 0 saturated carbocycles. The van der Waals surface area contributed by atoms with Gasteiger partial charge in [0, 0.05) is 12.6 Å². The van der Waals surface area contributed by atoms with E-state index >= 15 is 0 Å². The molecular weight excluding hydrogens is 158 g/mol. The first kappa shape index (κ1) is 9.51. The van der Waals surface area contributed by atoms with Gasteiger partial charge in [0.15, 0.2) is 0 Å². The maximum atomic E-state index is 2.78. The lowest BCUT2D eigenvalue weighted by atomic mass is 9.99. The molecule has 76 valence electrons. The SMILES string of the molecule is CCC1CCCC2CCCCN2C1. The molecule has 0 bridgehead atoms. The second kappa shape index (κ2) is 4.45. The van der Waals surface area contributed by atoms with Gasteiger partial charge in [0.05, 0.1) is 0 Å². The van der Waals surface area contributed by atoms with Crippen LogP contribution in [0.4, 0.5) is 0 Å². The first-order valence-electron chi connectivity index (χ1n) is 6.14. The van der Waals surface area contributed by atoms with Crippen molar-refractivity contribution in [3.8, 4) is 0 Å². The van der Waals surface area contributed by atoms with Crippen LogP contribution in [-0.2, 0) is 0 Å². The van der Waals surface area contributed by atoms with Crippen molar-refractivity contribution < 1.29 is 0 Å². The summed E-state index contributed by atoms with van der Waals surface area (Å²) in [5.74, 6) is 1.00. The van der Waals surface area contributed by atoms with Gasteiger partial charge < -0.3 is 4.90 Å². The zero-order valence-electron chi connectivity index (χ0n) is 8.97. The fourth-order valence-corrected chi connectivity index (χ4v) is 3.03. The highest BCUT2D eigenvalue weighted by Crippen LogP contribution is 2.28. The van der Waals surface area contributed by atoms with Crippen molar-refractivity contribution in [1.82, 2.24) is 4.90 Å². The van der Waals surface area contributed by atoms with Crippen LogP contribution >= 0.6 is 0 Å². The van der Waals surface area contributed by atoms with Gasteiger partial charge in [0.2, 0.25) is 0 Å². The van der Waals surface area contributed by atoms with Crippen LogP contribution in [0, 0.1) is 5.92 Å². The van der Waals surface area contributed by atoms with E-state index in [0.29, 0.717) is 0 Å². The summed E-state index contributed by atoms with van der Waals surface area (Å²) in [7, 11) is 0. The van der Waals surface area contributed by atoms with Crippen LogP contribution in [0.3, 0.4) is 0 Å². The van der Waals surface area contributed by atoms with Crippen molar-refractivity contribution in [3.05, 3.63) is 0 Å². The third-order valence-electron chi connectivity index (χ3n) is 3.97. The lowest BCUT2D eigenvalue weighted by Gasteiger charge is -2.35. The van der Waals surface area contributed by atoms with Crippen molar-refractivity contribution in [1.29, 1.82) is 0 Å². The number of hydrogen-bond acceptors (Lipinski definition) is 1. The van der Waals surface area contributed by atoms with Gasteiger partial charge in [-0.3, -0.25) is 0 Å². The van der Waals surface area contributed by atoms with E-state index in [1.165, 1.54) is 58.0 Å². The summed E-state index contributed by atoms with van der Waals surface area (Å²) < 4.78 is 0. The van der Waals surface area contributed by atoms with Crippen LogP contribution in [0.5, 0.6) is 0 Å². The summed E-state index contributed by atoms with van der Waals surface area (Å²) in [6.07, 6.45) is 10.3. The summed E-state index contributed by atoms with van der Waals surface area (Å²) in [5, 5.41) is 0. The molecule has 0 aromatic rings. The highest BCUT2D eigenvalue weighted by Gasteiger charge is 2.26. The molecule has 2 aliphatic rings. The van der Waals surface area contributed by atoms with E-state index in [0.717, 1.165) is 12.0 Å². The van der Waals surface area contributed by atoms with Crippen LogP contribution in [0.1, 0.15) is 51.9 Å². The van der Waals surface area contributed by atoms with Gasteiger partial charge in [-0.25, -0.2) is 0 Å². The summed E-state index contributed by atoms with van der Waals surface area (Å²) >= 11 is 0. The first-order valence-corrected chi connectivity index (χ1v) is 6.14. The molecule has 2 unspecified atom stereocenters. The smallest absolute Gasteiger partial charge is 0.00953 e. The predicted molar refractivity (Wildman–Crippen MR) is 56.8 cm³/mol. The summed E-state index contributed by atoms with van der Waals surface area (Å²) in [5.41, 5.74) is 0. The molecule has 2 aliphatic heterocycles. The highest BCUT2D eigenvalue weighted by atomic mass is 15.2. The second-order valence-corrected chi connectivity index (χ2v) is 4.85. The molecule has 0 aliphatic carbocycles. The standard InChI is InChI=1S/C12H23N/c1-2-11-6-5-8-12-7-3-4-9-13(12)10-11/h11-12H,2-10H2,1H3. The molecule has 0 aromatic heterocycles. The topological polar surface area (TPSA) is 3.24 Å². The maximum Gasteiger partial charge on any atom is 0.00953 e. The zero-order chi connectivity index (χ0) is 9.10. The van der Waals surface area contributed by atoms with Gasteiger partial charge in [-0.15, -0.1) is 0 Å². The Bertz CT molecular complexity index is 155. The van der Waals surface area contributed by atoms with Crippen molar-refractivity contribution in [2.75, 3.05) is 13.1 Å². The number of hydrogen-bond donors (Lipinski definition) is 0. The Hall–Kier alpha value is -0.0400. The molecule has 0 amide bonds. The van der Waals surface area contributed by atoms with Gasteiger partial charge in [0.25, 0.3) is 0 Å². The van der Waals surface area contributed by atoms with E-state index in [-0.39, 0.29) is 0 Å². The van der Waals surface area contributed by atoms with Crippen molar-refractivity contribution in [2.45, 2.75) is 57.9 Å². The molecule has 1 heteroatoms. The highest BCUT2D eigenvalue weighted by molar-refractivity contribution is 4.81. The van der Waals surface area contributed by atoms with Gasteiger partial charge in [0.1, 0.15) is 0 Å². The van der Waals surface area contributed by atoms with Gasteiger partial charge >= 0.3 is 0 Å². The Balaban J connectivity index is 1.94. The Morgan fingerprint density at radius 2 is 1.92 bits per heavy atom. The third kappa shape index (κ3) is 2.25. The molecule has 1 nitrogen and oxygen atoms in total. The first-order chi connectivity index (χ1) is 6.40. The summed E-state index contributed by atoms with van der Waals surface area (Å²) in [6.45, 7) is 5.15. The lowest BCUT2D eigenvalue weighted by Crippen LogP contribution is -2.40. The lowest BCUT2D eigenvalue weighted by molar-refractivity contribution is 0.135. The number of nitrogens with zero attached hydrogens (tertiary/aromatic N) is 1. The molecule has 0 N–H and O–H groups in total. The molecule has 2 atom stereocenters. The van der Waals surface area contributed by atoms with E-state index in [1.807, 2.05) is 0 Å². The molecule has 13 heavy (non-hydrogen) atoms. The molecule has 2 rings (SSSR count). The zero-order valence-corrected chi connectivity index (χ0v) is 8.97. The minimum Gasteiger partial charge on any atom is -0.300 e. The van der Waals surface area contributed by atoms with Crippen LogP contribution in [0.2, 0.25) is 0 Å². The number of fused-ring (bicyclic) bond motifs is 1. The Morgan fingerprint density at radius 1 is 1.08 bits per heavy atom. The fourth-order valence-electron chi connectivity index (χ4n) is 3.03. The molecule has 0 aromatic carbocycles. The van der Waals surface area contributed by atoms with Gasteiger partial charge in [-0.05, 0) is 38.1 Å². The molecular formula is C12H23N. The number of piperidine rings is 1. The van der Waals surface area contributed by atoms with Crippen LogP contribution in [-0.4, -0.2) is 24.0 Å². The summed E-state index contributed by atoms with van der Waals surface area (Å²) in [6, 6.07) is 0.963. The van der Waals surface area contributed by atoms with E-state index < -0.39 is 0 Å². The van der Waals surface area contributed by atoms with Crippen LogP contribution in [0.15, 0.2) is 0 Å². The maximum absolute atomic E-state index is 2.78. The van der Waals surface area contributed by atoms with Crippen LogP contribution < -0.4 is 0 Å². The van der Waals surface area contributed by atoms with E-state index in [9.17, 15) is 0 Å². The summed E-state index contributed by atoms with van der Waals surface area (Å²) in [4.78, 5) is 2.78. The minimum absolute atomic E-state index is 0.963. The molecule has 0 radical (unpaired) electrons. The normalized spacial score (nSPS) is 36.7. The van der Waals surface area contributed by atoms with E-state index in [1.54, 1.807) is 0 Å². The second-order valence-electron chi connectivity index (χ2n) is 4.85. The Kier molecular flexibility index (Phi) is 3.26. The predicted octanol–water partition coefficient (Wildman–Crippen LogP) is 3.05. The van der Waals surface area contributed by atoms with E-state index in [2.05, 4.69) is 11.8 Å². The Morgan fingerprint density at radius 3 is 2.77 bits per heavy atom. The molecule has 2 heterocycles. The fraction of sp³-hybridized carbons (Fsp3) is 1.00. The molecule has 0 spiro atoms. The minimum atomic E-state index is 0.963. The van der Waals surface area contributed by atoms with Gasteiger partial charge in [-0.2, -0.15) is 0 Å². The average Bonchev–Trinajstić information content (AvgIpc) is 2.38. The Labute approximate surface area is 82.5 Å². The molecule has 2 fully saturated rings. The average molecular weight is 181 g/mol. The van der Waals surface area contributed by atoms with Crippen LogP contribution in [0.25, 0.3) is 0 Å². The van der Waals surface area contributed by atoms with E-state index in [4.69, 9.17) is 0 Å². The monoisotopic (exact) mass is 181 g/mol.